The molecule has 0 bridgehead atoms. The molecule has 0 radical (unpaired) electrons. The highest BCUT2D eigenvalue weighted by atomic mass is 15.1. The number of benzene rings is 13. The summed E-state index contributed by atoms with van der Waals surface area (Å²) in [4.78, 5) is 5.14. The van der Waals surface area contributed by atoms with E-state index in [1.165, 1.54) is 65.2 Å². The number of imidazole rings is 1. The van der Waals surface area contributed by atoms with E-state index >= 15 is 0 Å². The molecule has 0 fully saturated rings. The predicted molar refractivity (Wildman–Crippen MR) is 363 cm³/mol. The molecule has 406 valence electrons. The number of fused-ring (bicyclic) bond motifs is 12. The van der Waals surface area contributed by atoms with Gasteiger partial charge in [-0.2, -0.15) is 0 Å². The van der Waals surface area contributed by atoms with E-state index in [2.05, 4.69) is 332 Å². The van der Waals surface area contributed by atoms with Crippen molar-refractivity contribution in [3.63, 3.8) is 0 Å². The molecule has 0 atom stereocenters. The summed E-state index contributed by atoms with van der Waals surface area (Å²) in [7, 11) is 0. The lowest BCUT2D eigenvalue weighted by molar-refractivity contribution is 1.00. The van der Waals surface area contributed by atoms with Crippen molar-refractivity contribution in [2.45, 2.75) is 0 Å². The first-order valence-corrected chi connectivity index (χ1v) is 29.8. The molecular weight excluding hydrogens is 1060 g/mol. The highest BCUT2D eigenvalue weighted by Gasteiger charge is 2.26. The zero-order valence-corrected chi connectivity index (χ0v) is 47.2. The number of hydrogen-bond donors (Lipinski definition) is 0. The fourth-order valence-electron chi connectivity index (χ4n) is 14.2. The van der Waals surface area contributed by atoms with Crippen molar-refractivity contribution in [3.05, 3.63) is 316 Å². The summed E-state index contributed by atoms with van der Waals surface area (Å²) in [6.45, 7) is 0. The number of aromatic nitrogens is 6. The average molecular weight is 1110 g/mol. The van der Waals surface area contributed by atoms with Crippen molar-refractivity contribution >= 4 is 87.2 Å². The van der Waals surface area contributed by atoms with Gasteiger partial charge in [0.15, 0.2) is 0 Å². The van der Waals surface area contributed by atoms with E-state index < -0.39 is 0 Å². The van der Waals surface area contributed by atoms with Crippen LogP contribution in [-0.2, 0) is 0 Å². The summed E-state index contributed by atoms with van der Waals surface area (Å²) in [5, 5.41) is 9.71. The second-order valence-corrected chi connectivity index (χ2v) is 22.7. The molecule has 0 unspecified atom stereocenters. The summed E-state index contributed by atoms with van der Waals surface area (Å²) < 4.78 is 12.1. The lowest BCUT2D eigenvalue weighted by atomic mass is 9.95. The molecule has 0 N–H and O–H groups in total. The number of rotatable bonds is 9. The van der Waals surface area contributed by atoms with Crippen molar-refractivity contribution in [1.82, 2.24) is 27.8 Å². The van der Waals surface area contributed by atoms with Gasteiger partial charge in [0, 0.05) is 72.4 Å². The van der Waals surface area contributed by atoms with Gasteiger partial charge >= 0.3 is 0 Å². The van der Waals surface area contributed by atoms with Crippen LogP contribution in [0.15, 0.2) is 316 Å². The average Bonchev–Trinajstić information content (AvgIpc) is 2.64. The minimum atomic E-state index is 0.858. The molecule has 5 aromatic heterocycles. The second kappa shape index (κ2) is 19.4. The van der Waals surface area contributed by atoms with Crippen LogP contribution in [0.1, 0.15) is 0 Å². The van der Waals surface area contributed by atoms with Gasteiger partial charge in [-0.15, -0.1) is 0 Å². The zero-order valence-electron chi connectivity index (χ0n) is 47.2. The molecule has 0 aliphatic heterocycles. The minimum Gasteiger partial charge on any atom is -0.309 e. The second-order valence-electron chi connectivity index (χ2n) is 22.7. The van der Waals surface area contributed by atoms with E-state index in [1.54, 1.807) is 0 Å². The van der Waals surface area contributed by atoms with Gasteiger partial charge in [0.1, 0.15) is 5.82 Å². The van der Waals surface area contributed by atoms with Gasteiger partial charge in [-0.05, 0) is 124 Å². The molecule has 6 nitrogen and oxygen atoms in total. The molecule has 5 heterocycles. The van der Waals surface area contributed by atoms with Gasteiger partial charge in [-0.25, -0.2) is 4.98 Å². The molecule has 6 heteroatoms. The van der Waals surface area contributed by atoms with Crippen LogP contribution in [0.4, 0.5) is 0 Å². The molecule has 0 saturated heterocycles. The molecule has 0 aliphatic rings. The third kappa shape index (κ3) is 7.58. The van der Waals surface area contributed by atoms with E-state index in [-0.39, 0.29) is 0 Å². The maximum absolute atomic E-state index is 5.14. The quantitative estimate of drug-likeness (QED) is 0.142. The molecule has 0 saturated carbocycles. The monoisotopic (exact) mass is 1110 g/mol. The van der Waals surface area contributed by atoms with E-state index in [1.807, 2.05) is 6.20 Å². The molecule has 0 amide bonds. The molecule has 18 rings (SSSR count). The maximum atomic E-state index is 5.14. The Labute approximate surface area is 501 Å². The lowest BCUT2D eigenvalue weighted by Crippen LogP contribution is -2.10. The van der Waals surface area contributed by atoms with Crippen LogP contribution in [0, 0.1) is 0 Å². The van der Waals surface area contributed by atoms with Crippen molar-refractivity contribution in [2.75, 3.05) is 0 Å². The van der Waals surface area contributed by atoms with Crippen LogP contribution in [0.5, 0.6) is 0 Å². The Balaban J connectivity index is 0.869. The molecule has 0 spiro atoms. The van der Waals surface area contributed by atoms with E-state index in [0.717, 1.165) is 95.3 Å². The number of hydrogen-bond acceptors (Lipinski definition) is 1. The van der Waals surface area contributed by atoms with Crippen LogP contribution < -0.4 is 0 Å². The first-order valence-electron chi connectivity index (χ1n) is 29.8. The normalized spacial score (nSPS) is 11.9. The highest BCUT2D eigenvalue weighted by Crippen LogP contribution is 2.45. The standard InChI is InChI=1S/C81H52N6/c1-2-22-53(23-3-1)81-82-44-45-83(81)80-78(86-74-40-16-8-32-66(74)67-33-9-17-41-75(67)86)50-59(51-79(80)87-76-42-18-10-34-68(76)69-35-11-19-43-77(69)87)57-27-21-25-55(47-57)54-24-20-26-56(46-54)58-48-60(84-70-36-12-4-28-62(70)63-29-5-13-37-71(63)84)52-61(49-58)85-72-38-14-6-30-64(72)65-31-7-15-39-73(65)85/h1-52H. The van der Waals surface area contributed by atoms with Gasteiger partial charge < -0.3 is 18.3 Å². The van der Waals surface area contributed by atoms with Crippen LogP contribution in [0.2, 0.25) is 0 Å². The highest BCUT2D eigenvalue weighted by molar-refractivity contribution is 6.13. The Bertz CT molecular complexity index is 5300. The zero-order chi connectivity index (χ0) is 57.1. The van der Waals surface area contributed by atoms with Crippen LogP contribution in [0.3, 0.4) is 0 Å². The molecule has 13 aromatic carbocycles. The van der Waals surface area contributed by atoms with E-state index in [0.29, 0.717) is 0 Å². The van der Waals surface area contributed by atoms with Gasteiger partial charge in [0.2, 0.25) is 0 Å². The van der Waals surface area contributed by atoms with Crippen molar-refractivity contribution < 1.29 is 0 Å². The SMILES string of the molecule is c1ccc(-c2nccn2-c2c(-n3c4ccccc4c4ccccc43)cc(-c3cccc(-c4cccc(-c5cc(-n6c7ccccc7c7ccccc76)cc(-n6c7ccccc7c7ccccc76)c5)c4)c3)cc2-n2c3ccccc3c3ccccc32)cc1. The fraction of sp³-hybridized carbons (Fsp3) is 0. The van der Waals surface area contributed by atoms with Crippen LogP contribution in [-0.4, -0.2) is 27.8 Å². The predicted octanol–water partition coefficient (Wildman–Crippen LogP) is 20.9. The van der Waals surface area contributed by atoms with Crippen molar-refractivity contribution in [3.8, 4) is 73.2 Å². The number of nitrogens with zero attached hydrogens (tertiary/aromatic N) is 6. The molecule has 0 aliphatic carbocycles. The third-order valence-corrected chi connectivity index (χ3v) is 17.9. The minimum absolute atomic E-state index is 0.858. The van der Waals surface area contributed by atoms with Gasteiger partial charge in [-0.1, -0.05) is 212 Å². The van der Waals surface area contributed by atoms with Crippen molar-refractivity contribution in [1.29, 1.82) is 0 Å². The Hall–Kier alpha value is -11.7. The molecule has 87 heavy (non-hydrogen) atoms. The Morgan fingerprint density at radius 3 is 0.862 bits per heavy atom. The largest absolute Gasteiger partial charge is 0.309 e. The molecule has 18 aromatic rings. The van der Waals surface area contributed by atoms with E-state index in [4.69, 9.17) is 4.98 Å². The lowest BCUT2D eigenvalue weighted by Gasteiger charge is -2.23. The topological polar surface area (TPSA) is 37.5 Å². The third-order valence-electron chi connectivity index (χ3n) is 17.9. The smallest absolute Gasteiger partial charge is 0.144 e. The number of para-hydroxylation sites is 8. The molecular formula is C81H52N6. The van der Waals surface area contributed by atoms with Gasteiger partial charge in [-0.3, -0.25) is 4.57 Å². The van der Waals surface area contributed by atoms with Crippen LogP contribution >= 0.6 is 0 Å². The Morgan fingerprint density at radius 2 is 0.506 bits per heavy atom. The van der Waals surface area contributed by atoms with Gasteiger partial charge in [0.05, 0.1) is 61.2 Å². The summed E-state index contributed by atoms with van der Waals surface area (Å²) in [5.41, 5.74) is 22.2. The first kappa shape index (κ1) is 48.8. The maximum Gasteiger partial charge on any atom is 0.144 e. The summed E-state index contributed by atoms with van der Waals surface area (Å²) in [6.07, 6.45) is 4.06. The fourth-order valence-corrected chi connectivity index (χ4v) is 14.2. The van der Waals surface area contributed by atoms with E-state index in [9.17, 15) is 0 Å². The van der Waals surface area contributed by atoms with Crippen LogP contribution in [0.25, 0.3) is 160 Å². The van der Waals surface area contributed by atoms with Gasteiger partial charge in [0.25, 0.3) is 0 Å². The summed E-state index contributed by atoms with van der Waals surface area (Å²) >= 11 is 0. The van der Waals surface area contributed by atoms with Crippen molar-refractivity contribution in [2.24, 2.45) is 0 Å². The summed E-state index contributed by atoms with van der Waals surface area (Å²) in [6, 6.07) is 111. The first-order chi connectivity index (χ1) is 43.2. The summed E-state index contributed by atoms with van der Waals surface area (Å²) in [5.74, 6) is 0.858. The Kier molecular flexibility index (Phi) is 10.9. The Morgan fingerprint density at radius 1 is 0.218 bits per heavy atom.